The number of imidazole rings is 1. The van der Waals surface area contributed by atoms with Crippen molar-refractivity contribution in [2.75, 3.05) is 10.6 Å². The quantitative estimate of drug-likeness (QED) is 0.408. The molecule has 3 atom stereocenters. The van der Waals surface area contributed by atoms with Gasteiger partial charge in [0.25, 0.3) is 5.91 Å². The van der Waals surface area contributed by atoms with Gasteiger partial charge in [0.15, 0.2) is 0 Å². The highest BCUT2D eigenvalue weighted by molar-refractivity contribution is 6.02. The molecule has 3 aromatic heterocycles. The highest BCUT2D eigenvalue weighted by atomic mass is 16.2. The van der Waals surface area contributed by atoms with Gasteiger partial charge in [-0.05, 0) is 67.5 Å². The van der Waals surface area contributed by atoms with Crippen molar-refractivity contribution in [2.24, 2.45) is 17.8 Å². The third-order valence-electron chi connectivity index (χ3n) is 7.01. The van der Waals surface area contributed by atoms with Crippen molar-refractivity contribution in [1.82, 2.24) is 19.9 Å². The van der Waals surface area contributed by atoms with E-state index in [1.54, 1.807) is 30.6 Å². The smallest absolute Gasteiger partial charge is 0.274 e. The second kappa shape index (κ2) is 8.37. The van der Waals surface area contributed by atoms with E-state index in [0.717, 1.165) is 28.9 Å². The molecule has 2 bridgehead atoms. The highest BCUT2D eigenvalue weighted by Gasteiger charge is 2.43. The lowest BCUT2D eigenvalue weighted by Gasteiger charge is -2.20. The molecule has 0 saturated heterocycles. The minimum absolute atomic E-state index is 0.0816. The second-order valence-corrected chi connectivity index (χ2v) is 9.19. The molecule has 2 aliphatic carbocycles. The van der Waals surface area contributed by atoms with E-state index in [0.29, 0.717) is 28.9 Å². The molecule has 8 nitrogen and oxygen atoms in total. The number of rotatable bonds is 5. The van der Waals surface area contributed by atoms with Crippen molar-refractivity contribution in [3.8, 4) is 11.4 Å². The number of aromatic amines is 1. The van der Waals surface area contributed by atoms with E-state index in [4.69, 9.17) is 0 Å². The lowest BCUT2D eigenvalue weighted by atomic mass is 9.88. The lowest BCUT2D eigenvalue weighted by Crippen LogP contribution is -2.27. The van der Waals surface area contributed by atoms with Crippen LogP contribution in [0.15, 0.2) is 60.9 Å². The molecule has 2 amide bonds. The van der Waals surface area contributed by atoms with Gasteiger partial charge in [0.1, 0.15) is 17.3 Å². The summed E-state index contributed by atoms with van der Waals surface area (Å²) in [6.07, 6.45) is 7.92. The Morgan fingerprint density at radius 1 is 0.971 bits per heavy atom. The first-order valence-corrected chi connectivity index (χ1v) is 11.6. The van der Waals surface area contributed by atoms with Crippen LogP contribution >= 0.6 is 0 Å². The summed E-state index contributed by atoms with van der Waals surface area (Å²) >= 11 is 0. The molecular weight excluding hydrogens is 428 g/mol. The van der Waals surface area contributed by atoms with Gasteiger partial charge in [-0.25, -0.2) is 9.97 Å². The SMILES string of the molecule is O=C(Nc1ccc(-c2nc3cc(NC(=O)C4CC5CCC4C5)ncc3[nH]2)cc1)c1ccccn1. The second-order valence-electron chi connectivity index (χ2n) is 9.19. The number of hydrogen-bond acceptors (Lipinski definition) is 5. The van der Waals surface area contributed by atoms with Gasteiger partial charge in [-0.3, -0.25) is 14.6 Å². The fraction of sp³-hybridized carbons (Fsp3) is 0.269. The van der Waals surface area contributed by atoms with Gasteiger partial charge in [0.05, 0.1) is 17.2 Å². The number of amides is 2. The molecule has 8 heteroatoms. The lowest BCUT2D eigenvalue weighted by molar-refractivity contribution is -0.121. The van der Waals surface area contributed by atoms with Gasteiger partial charge in [0.2, 0.25) is 5.91 Å². The number of hydrogen-bond donors (Lipinski definition) is 3. The minimum Gasteiger partial charge on any atom is -0.337 e. The van der Waals surface area contributed by atoms with E-state index in [1.165, 1.54) is 19.3 Å². The number of carbonyl (C=O) groups excluding carboxylic acids is 2. The number of anilines is 2. The summed E-state index contributed by atoms with van der Waals surface area (Å²) in [5.41, 5.74) is 3.43. The molecule has 2 saturated carbocycles. The number of fused-ring (bicyclic) bond motifs is 3. The van der Waals surface area contributed by atoms with Crippen molar-refractivity contribution in [3.63, 3.8) is 0 Å². The van der Waals surface area contributed by atoms with Crippen molar-refractivity contribution < 1.29 is 9.59 Å². The van der Waals surface area contributed by atoms with Crippen LogP contribution in [-0.2, 0) is 4.79 Å². The average Bonchev–Trinajstić information content (AvgIpc) is 3.61. The van der Waals surface area contributed by atoms with Crippen LogP contribution in [0, 0.1) is 17.8 Å². The molecule has 6 rings (SSSR count). The van der Waals surface area contributed by atoms with E-state index in [1.807, 2.05) is 30.3 Å². The van der Waals surface area contributed by atoms with Gasteiger partial charge >= 0.3 is 0 Å². The maximum absolute atomic E-state index is 12.8. The number of pyridine rings is 2. The molecule has 3 unspecified atom stereocenters. The molecule has 170 valence electrons. The minimum atomic E-state index is -0.261. The number of nitrogens with zero attached hydrogens (tertiary/aromatic N) is 3. The van der Waals surface area contributed by atoms with Crippen LogP contribution in [0.3, 0.4) is 0 Å². The summed E-state index contributed by atoms with van der Waals surface area (Å²) in [7, 11) is 0. The first-order valence-electron chi connectivity index (χ1n) is 11.6. The predicted molar refractivity (Wildman–Crippen MR) is 129 cm³/mol. The number of nitrogens with one attached hydrogen (secondary N) is 3. The van der Waals surface area contributed by atoms with Gasteiger partial charge < -0.3 is 15.6 Å². The fourth-order valence-electron chi connectivity index (χ4n) is 5.30. The normalized spacial score (nSPS) is 21.0. The van der Waals surface area contributed by atoms with E-state index in [9.17, 15) is 9.59 Å². The molecule has 2 aliphatic rings. The summed E-state index contributed by atoms with van der Waals surface area (Å²) in [6.45, 7) is 0. The third-order valence-corrected chi connectivity index (χ3v) is 7.01. The zero-order chi connectivity index (χ0) is 23.1. The number of carbonyl (C=O) groups is 2. The van der Waals surface area contributed by atoms with Gasteiger partial charge in [-0.2, -0.15) is 0 Å². The van der Waals surface area contributed by atoms with Crippen LogP contribution in [-0.4, -0.2) is 31.8 Å². The molecule has 2 fully saturated rings. The largest absolute Gasteiger partial charge is 0.337 e. The third kappa shape index (κ3) is 3.91. The van der Waals surface area contributed by atoms with E-state index < -0.39 is 0 Å². The molecule has 34 heavy (non-hydrogen) atoms. The maximum Gasteiger partial charge on any atom is 0.274 e. The molecule has 0 spiro atoms. The topological polar surface area (TPSA) is 113 Å². The fourth-order valence-corrected chi connectivity index (χ4v) is 5.30. The Bertz CT molecular complexity index is 1370. The van der Waals surface area contributed by atoms with Gasteiger partial charge in [-0.15, -0.1) is 0 Å². The zero-order valence-electron chi connectivity index (χ0n) is 18.5. The van der Waals surface area contributed by atoms with Crippen molar-refractivity contribution in [1.29, 1.82) is 0 Å². The van der Waals surface area contributed by atoms with Crippen LogP contribution < -0.4 is 10.6 Å². The summed E-state index contributed by atoms with van der Waals surface area (Å²) in [5, 5.41) is 5.84. The first kappa shape index (κ1) is 20.5. The van der Waals surface area contributed by atoms with Gasteiger partial charge in [0, 0.05) is 29.4 Å². The molecule has 0 aliphatic heterocycles. The van der Waals surface area contributed by atoms with Crippen LogP contribution in [0.4, 0.5) is 11.5 Å². The Morgan fingerprint density at radius 2 is 1.85 bits per heavy atom. The number of H-pyrrole nitrogens is 1. The molecule has 1 aromatic carbocycles. The molecule has 4 aromatic rings. The summed E-state index contributed by atoms with van der Waals surface area (Å²) in [6, 6.07) is 14.4. The molecular formula is C26H24N6O2. The summed E-state index contributed by atoms with van der Waals surface area (Å²) < 4.78 is 0. The molecule has 3 N–H and O–H groups in total. The van der Waals surface area contributed by atoms with Crippen LogP contribution in [0.1, 0.15) is 36.2 Å². The Hall–Kier alpha value is -4.07. The number of benzene rings is 1. The Morgan fingerprint density at radius 3 is 2.59 bits per heavy atom. The van der Waals surface area contributed by atoms with E-state index >= 15 is 0 Å². The van der Waals surface area contributed by atoms with Crippen molar-refractivity contribution in [3.05, 3.63) is 66.6 Å². The summed E-state index contributed by atoms with van der Waals surface area (Å²) in [4.78, 5) is 41.5. The summed E-state index contributed by atoms with van der Waals surface area (Å²) in [5.74, 6) is 2.41. The predicted octanol–water partition coefficient (Wildman–Crippen LogP) is 4.65. The average molecular weight is 453 g/mol. The highest BCUT2D eigenvalue weighted by Crippen LogP contribution is 2.48. The van der Waals surface area contributed by atoms with E-state index in [2.05, 4.69) is 30.6 Å². The Labute approximate surface area is 196 Å². The zero-order valence-corrected chi connectivity index (χ0v) is 18.5. The van der Waals surface area contributed by atoms with E-state index in [-0.39, 0.29) is 17.7 Å². The van der Waals surface area contributed by atoms with Crippen molar-refractivity contribution in [2.45, 2.75) is 25.7 Å². The standard InChI is InChI=1S/C26H24N6O2/c33-25(19-12-15-4-5-17(19)11-15)32-23-13-21-22(14-28-23)31-24(30-21)16-6-8-18(9-7-16)29-26(34)20-3-1-2-10-27-20/h1-3,6-10,13-15,17,19H,4-5,11-12H2,(H,29,34)(H,30,31)(H,28,32,33). The maximum atomic E-state index is 12.8. The Balaban J connectivity index is 1.15. The molecule has 0 radical (unpaired) electrons. The van der Waals surface area contributed by atoms with Crippen molar-refractivity contribution >= 4 is 34.4 Å². The molecule has 3 heterocycles. The van der Waals surface area contributed by atoms with Gasteiger partial charge in [-0.1, -0.05) is 12.5 Å². The van der Waals surface area contributed by atoms with Crippen LogP contribution in [0.25, 0.3) is 22.4 Å². The Kier molecular flexibility index (Phi) is 5.05. The first-order chi connectivity index (χ1) is 16.6. The van der Waals surface area contributed by atoms with Crippen LogP contribution in [0.2, 0.25) is 0 Å². The monoisotopic (exact) mass is 452 g/mol. The van der Waals surface area contributed by atoms with Crippen LogP contribution in [0.5, 0.6) is 0 Å². The number of aromatic nitrogens is 4.